The van der Waals surface area contributed by atoms with Crippen LogP contribution in [0.4, 0.5) is 5.69 Å². The summed E-state index contributed by atoms with van der Waals surface area (Å²) in [4.78, 5) is 24.5. The zero-order valence-corrected chi connectivity index (χ0v) is 17.1. The van der Waals surface area contributed by atoms with Crippen LogP contribution in [-0.2, 0) is 21.4 Å². The molecule has 2 rings (SSSR count). The number of ether oxygens (including phenoxy) is 2. The van der Waals surface area contributed by atoms with Crippen molar-refractivity contribution in [2.24, 2.45) is 0 Å². The Morgan fingerprint density at radius 2 is 1.61 bits per heavy atom. The average Bonchev–Trinajstić information content (AvgIpc) is 2.66. The Morgan fingerprint density at radius 3 is 2.25 bits per heavy atom. The summed E-state index contributed by atoms with van der Waals surface area (Å²) in [7, 11) is 3.10. The van der Waals surface area contributed by atoms with Gasteiger partial charge >= 0.3 is 0 Å². The van der Waals surface area contributed by atoms with Crippen LogP contribution < -0.4 is 20.1 Å². The molecule has 0 spiro atoms. The van der Waals surface area contributed by atoms with Crippen LogP contribution in [0.25, 0.3) is 0 Å². The van der Waals surface area contributed by atoms with E-state index in [0.29, 0.717) is 11.5 Å². The van der Waals surface area contributed by atoms with Gasteiger partial charge in [0.25, 0.3) is 0 Å². The van der Waals surface area contributed by atoms with E-state index in [-0.39, 0.29) is 30.2 Å². The van der Waals surface area contributed by atoms with E-state index in [1.54, 1.807) is 32.4 Å². The van der Waals surface area contributed by atoms with Crippen LogP contribution in [0, 0.1) is 0 Å². The lowest BCUT2D eigenvalue weighted by molar-refractivity contribution is -0.123. The molecule has 0 aliphatic heterocycles. The van der Waals surface area contributed by atoms with Crippen molar-refractivity contribution in [2.45, 2.75) is 32.6 Å². The lowest BCUT2D eigenvalue weighted by Crippen LogP contribution is -2.34. The number of nitrogens with one attached hydrogen (secondary N) is 2. The molecule has 0 bridgehead atoms. The standard InChI is InChI=1S/C22H28N2O4/c1-22(2,3)16-8-6-7-9-17(16)24-21(26)14-23-20(25)13-15-10-11-18(27-4)19(12-15)28-5/h6-12H,13-14H2,1-5H3,(H,23,25)(H,24,26). The van der Waals surface area contributed by atoms with Gasteiger partial charge in [-0.1, -0.05) is 45.0 Å². The summed E-state index contributed by atoms with van der Waals surface area (Å²) in [5.74, 6) is 0.650. The second kappa shape index (κ2) is 9.26. The summed E-state index contributed by atoms with van der Waals surface area (Å²) in [6, 6.07) is 13.0. The average molecular weight is 384 g/mol. The van der Waals surface area contributed by atoms with Crippen molar-refractivity contribution in [1.29, 1.82) is 0 Å². The fourth-order valence-electron chi connectivity index (χ4n) is 2.86. The lowest BCUT2D eigenvalue weighted by atomic mass is 9.86. The van der Waals surface area contributed by atoms with E-state index >= 15 is 0 Å². The highest BCUT2D eigenvalue weighted by molar-refractivity contribution is 5.95. The minimum Gasteiger partial charge on any atom is -0.493 e. The Bertz CT molecular complexity index is 841. The summed E-state index contributed by atoms with van der Waals surface area (Å²) >= 11 is 0. The molecule has 28 heavy (non-hydrogen) atoms. The van der Waals surface area contributed by atoms with Gasteiger partial charge in [0.05, 0.1) is 27.2 Å². The van der Waals surface area contributed by atoms with Crippen LogP contribution in [0.5, 0.6) is 11.5 Å². The maximum atomic E-state index is 12.3. The number of amides is 2. The van der Waals surface area contributed by atoms with Gasteiger partial charge < -0.3 is 20.1 Å². The Hall–Kier alpha value is -3.02. The SMILES string of the molecule is COc1ccc(CC(=O)NCC(=O)Nc2ccccc2C(C)(C)C)cc1OC. The van der Waals surface area contributed by atoms with Crippen LogP contribution in [0.2, 0.25) is 0 Å². The predicted molar refractivity (Wildman–Crippen MR) is 110 cm³/mol. The van der Waals surface area contributed by atoms with Crippen molar-refractivity contribution in [3.8, 4) is 11.5 Å². The van der Waals surface area contributed by atoms with Crippen molar-refractivity contribution in [2.75, 3.05) is 26.1 Å². The molecule has 0 saturated carbocycles. The number of methoxy groups -OCH3 is 2. The van der Waals surface area contributed by atoms with Gasteiger partial charge in [-0.05, 0) is 34.7 Å². The molecule has 0 heterocycles. The normalized spacial score (nSPS) is 10.9. The van der Waals surface area contributed by atoms with Gasteiger partial charge in [-0.15, -0.1) is 0 Å². The minimum atomic E-state index is -0.266. The first-order valence-electron chi connectivity index (χ1n) is 9.11. The third kappa shape index (κ3) is 5.74. The smallest absolute Gasteiger partial charge is 0.243 e. The summed E-state index contributed by atoms with van der Waals surface area (Å²) < 4.78 is 10.4. The second-order valence-corrected chi connectivity index (χ2v) is 7.49. The summed E-state index contributed by atoms with van der Waals surface area (Å²) in [5, 5.41) is 5.53. The van der Waals surface area contributed by atoms with Crippen LogP contribution in [-0.4, -0.2) is 32.6 Å². The van der Waals surface area contributed by atoms with Crippen LogP contribution in [0.1, 0.15) is 31.9 Å². The Kier molecular flexibility index (Phi) is 7.04. The molecule has 2 N–H and O–H groups in total. The molecule has 0 aliphatic rings. The van der Waals surface area contributed by atoms with Crippen molar-refractivity contribution in [3.63, 3.8) is 0 Å². The Balaban J connectivity index is 1.92. The van der Waals surface area contributed by atoms with Crippen molar-refractivity contribution >= 4 is 17.5 Å². The molecule has 150 valence electrons. The summed E-state index contributed by atoms with van der Waals surface area (Å²) in [6.45, 7) is 6.17. The number of carbonyl (C=O) groups is 2. The van der Waals surface area contributed by atoms with E-state index in [4.69, 9.17) is 9.47 Å². The molecule has 0 fully saturated rings. The molecule has 2 aromatic carbocycles. The number of benzene rings is 2. The highest BCUT2D eigenvalue weighted by atomic mass is 16.5. The number of para-hydroxylation sites is 1. The maximum absolute atomic E-state index is 12.3. The molecule has 0 saturated heterocycles. The molecule has 0 aliphatic carbocycles. The van der Waals surface area contributed by atoms with E-state index < -0.39 is 0 Å². The molecule has 6 nitrogen and oxygen atoms in total. The van der Waals surface area contributed by atoms with Crippen molar-refractivity contribution in [1.82, 2.24) is 5.32 Å². The number of rotatable bonds is 7. The molecule has 0 atom stereocenters. The first-order chi connectivity index (χ1) is 13.2. The third-order valence-electron chi connectivity index (χ3n) is 4.27. The third-order valence-corrected chi connectivity index (χ3v) is 4.27. The van der Waals surface area contributed by atoms with E-state index in [1.807, 2.05) is 24.3 Å². The van der Waals surface area contributed by atoms with Crippen LogP contribution in [0.3, 0.4) is 0 Å². The molecule has 0 aromatic heterocycles. The van der Waals surface area contributed by atoms with Gasteiger partial charge in [0, 0.05) is 5.69 Å². The quantitative estimate of drug-likeness (QED) is 0.768. The fourth-order valence-corrected chi connectivity index (χ4v) is 2.86. The first kappa shape index (κ1) is 21.3. The highest BCUT2D eigenvalue weighted by Crippen LogP contribution is 2.29. The predicted octanol–water partition coefficient (Wildman–Crippen LogP) is 3.30. The van der Waals surface area contributed by atoms with E-state index in [1.165, 1.54) is 0 Å². The lowest BCUT2D eigenvalue weighted by Gasteiger charge is -2.23. The maximum Gasteiger partial charge on any atom is 0.243 e. The zero-order chi connectivity index (χ0) is 20.7. The topological polar surface area (TPSA) is 76.7 Å². The fraction of sp³-hybridized carbons (Fsp3) is 0.364. The Morgan fingerprint density at radius 1 is 0.929 bits per heavy atom. The van der Waals surface area contributed by atoms with Crippen LogP contribution in [0.15, 0.2) is 42.5 Å². The summed E-state index contributed by atoms with van der Waals surface area (Å²) in [5.41, 5.74) is 2.48. The van der Waals surface area contributed by atoms with Crippen molar-refractivity contribution < 1.29 is 19.1 Å². The molecule has 2 amide bonds. The van der Waals surface area contributed by atoms with Gasteiger partial charge in [-0.3, -0.25) is 9.59 Å². The number of hydrogen-bond acceptors (Lipinski definition) is 4. The second-order valence-electron chi connectivity index (χ2n) is 7.49. The van der Waals surface area contributed by atoms with E-state index in [2.05, 4.69) is 31.4 Å². The molecular weight excluding hydrogens is 356 g/mol. The van der Waals surface area contributed by atoms with Gasteiger partial charge in [-0.25, -0.2) is 0 Å². The minimum absolute atomic E-state index is 0.0927. The van der Waals surface area contributed by atoms with E-state index in [9.17, 15) is 9.59 Å². The van der Waals surface area contributed by atoms with Gasteiger partial charge in [-0.2, -0.15) is 0 Å². The van der Waals surface area contributed by atoms with Gasteiger partial charge in [0.2, 0.25) is 11.8 Å². The highest BCUT2D eigenvalue weighted by Gasteiger charge is 2.18. The molecule has 0 unspecified atom stereocenters. The van der Waals surface area contributed by atoms with Gasteiger partial charge in [0.15, 0.2) is 11.5 Å². The largest absolute Gasteiger partial charge is 0.493 e. The number of carbonyl (C=O) groups excluding carboxylic acids is 2. The van der Waals surface area contributed by atoms with Crippen molar-refractivity contribution in [3.05, 3.63) is 53.6 Å². The van der Waals surface area contributed by atoms with E-state index in [0.717, 1.165) is 16.8 Å². The summed E-state index contributed by atoms with van der Waals surface area (Å²) in [6.07, 6.45) is 0.145. The number of hydrogen-bond donors (Lipinski definition) is 2. The first-order valence-corrected chi connectivity index (χ1v) is 9.11. The molecule has 2 aromatic rings. The van der Waals surface area contributed by atoms with Crippen LogP contribution >= 0.6 is 0 Å². The zero-order valence-electron chi connectivity index (χ0n) is 17.1. The van der Waals surface area contributed by atoms with Gasteiger partial charge in [0.1, 0.15) is 0 Å². The molecule has 6 heteroatoms. The molecule has 0 radical (unpaired) electrons. The molecular formula is C22H28N2O4. The number of anilines is 1. The monoisotopic (exact) mass is 384 g/mol. The Labute approximate surface area is 166 Å².